The molecule has 0 heterocycles. The van der Waals surface area contributed by atoms with E-state index in [2.05, 4.69) is 6.58 Å². The van der Waals surface area contributed by atoms with Crippen molar-refractivity contribution < 1.29 is 14.7 Å². The molecule has 0 fully saturated rings. The summed E-state index contributed by atoms with van der Waals surface area (Å²) < 4.78 is 0. The van der Waals surface area contributed by atoms with Crippen LogP contribution in [-0.2, 0) is 4.79 Å². The molecule has 0 aromatic heterocycles. The molecule has 0 radical (unpaired) electrons. The van der Waals surface area contributed by atoms with Crippen molar-refractivity contribution in [3.05, 3.63) is 47.5 Å². The molecule has 1 rings (SSSR count). The Morgan fingerprint density at radius 3 is 2.47 bits per heavy atom. The van der Waals surface area contributed by atoms with Gasteiger partial charge in [-0.25, -0.2) is 0 Å². The summed E-state index contributed by atoms with van der Waals surface area (Å²) in [7, 11) is 0. The number of aliphatic carboxylic acids is 1. The number of carboxylic acid groups (broad SMARTS) is 1. The van der Waals surface area contributed by atoms with Crippen molar-refractivity contribution in [1.29, 1.82) is 0 Å². The first-order chi connectivity index (χ1) is 7.02. The molecule has 3 nitrogen and oxygen atoms in total. The highest BCUT2D eigenvalue weighted by Gasteiger charge is 2.14. The van der Waals surface area contributed by atoms with E-state index in [9.17, 15) is 9.59 Å². The second-order valence-corrected chi connectivity index (χ2v) is 3.32. The molecule has 0 aliphatic heterocycles. The Kier molecular flexibility index (Phi) is 3.39. The minimum Gasteiger partial charge on any atom is -0.481 e. The molecular formula is C12H12O3. The highest BCUT2D eigenvalue weighted by molar-refractivity contribution is 6.10. The second-order valence-electron chi connectivity index (χ2n) is 3.32. The van der Waals surface area contributed by atoms with Gasteiger partial charge in [-0.2, -0.15) is 0 Å². The first kappa shape index (κ1) is 11.2. The van der Waals surface area contributed by atoms with Gasteiger partial charge in [0.1, 0.15) is 0 Å². The van der Waals surface area contributed by atoms with E-state index in [-0.39, 0.29) is 17.8 Å². The Morgan fingerprint density at radius 1 is 1.33 bits per heavy atom. The smallest absolute Gasteiger partial charge is 0.307 e. The average Bonchev–Trinajstić information content (AvgIpc) is 2.16. The summed E-state index contributed by atoms with van der Waals surface area (Å²) in [6, 6.07) is 7.05. The number of rotatable bonds is 4. The van der Waals surface area contributed by atoms with E-state index in [1.54, 1.807) is 25.1 Å². The minimum atomic E-state index is -1.04. The lowest BCUT2D eigenvalue weighted by atomic mass is 9.98. The molecule has 0 bridgehead atoms. The van der Waals surface area contributed by atoms with E-state index < -0.39 is 5.97 Å². The van der Waals surface area contributed by atoms with Crippen LogP contribution in [-0.4, -0.2) is 16.9 Å². The molecule has 1 N–H and O–H groups in total. The molecule has 0 saturated carbocycles. The number of aryl methyl sites for hydroxylation is 1. The lowest BCUT2D eigenvalue weighted by Gasteiger charge is -2.05. The topological polar surface area (TPSA) is 54.4 Å². The normalized spacial score (nSPS) is 9.67. The predicted molar refractivity (Wildman–Crippen MR) is 56.9 cm³/mol. The number of carboxylic acids is 1. The molecule has 78 valence electrons. The van der Waals surface area contributed by atoms with Crippen LogP contribution >= 0.6 is 0 Å². The van der Waals surface area contributed by atoms with Gasteiger partial charge in [0, 0.05) is 11.1 Å². The van der Waals surface area contributed by atoms with Crippen LogP contribution in [0, 0.1) is 6.92 Å². The summed E-state index contributed by atoms with van der Waals surface area (Å²) in [5.41, 5.74) is 1.45. The van der Waals surface area contributed by atoms with Gasteiger partial charge in [-0.1, -0.05) is 30.8 Å². The van der Waals surface area contributed by atoms with E-state index in [0.717, 1.165) is 5.56 Å². The molecule has 1 aromatic carbocycles. The van der Waals surface area contributed by atoms with Crippen LogP contribution < -0.4 is 0 Å². The number of hydrogen-bond donors (Lipinski definition) is 1. The highest BCUT2D eigenvalue weighted by Crippen LogP contribution is 2.13. The van der Waals surface area contributed by atoms with Crippen LogP contribution in [0.3, 0.4) is 0 Å². The third-order valence-corrected chi connectivity index (χ3v) is 2.08. The Labute approximate surface area is 88.0 Å². The van der Waals surface area contributed by atoms with Crippen molar-refractivity contribution in [1.82, 2.24) is 0 Å². The van der Waals surface area contributed by atoms with Gasteiger partial charge >= 0.3 is 5.97 Å². The largest absolute Gasteiger partial charge is 0.481 e. The molecule has 0 amide bonds. The highest BCUT2D eigenvalue weighted by atomic mass is 16.4. The Bertz CT molecular complexity index is 419. The lowest BCUT2D eigenvalue weighted by molar-refractivity contribution is -0.136. The van der Waals surface area contributed by atoms with Crippen molar-refractivity contribution in [3.8, 4) is 0 Å². The maximum atomic E-state index is 11.7. The van der Waals surface area contributed by atoms with Gasteiger partial charge in [0.05, 0.1) is 6.42 Å². The monoisotopic (exact) mass is 204 g/mol. The number of Topliss-reactive ketones (excluding diaryl/α,β-unsaturated/α-hetero) is 1. The first-order valence-electron chi connectivity index (χ1n) is 4.52. The van der Waals surface area contributed by atoms with Crippen LogP contribution in [0.25, 0.3) is 0 Å². The van der Waals surface area contributed by atoms with E-state index in [4.69, 9.17) is 5.11 Å². The maximum absolute atomic E-state index is 11.7. The fourth-order valence-corrected chi connectivity index (χ4v) is 1.28. The van der Waals surface area contributed by atoms with Gasteiger partial charge < -0.3 is 5.11 Å². The number of carbonyl (C=O) groups is 2. The summed E-state index contributed by atoms with van der Waals surface area (Å²) in [4.78, 5) is 22.2. The number of ketones is 1. The summed E-state index contributed by atoms with van der Waals surface area (Å²) in [5, 5.41) is 8.54. The molecule has 0 spiro atoms. The zero-order valence-corrected chi connectivity index (χ0v) is 8.49. The van der Waals surface area contributed by atoms with Gasteiger partial charge in [0.25, 0.3) is 0 Å². The van der Waals surface area contributed by atoms with Gasteiger partial charge in [-0.15, -0.1) is 0 Å². The number of hydrogen-bond acceptors (Lipinski definition) is 2. The molecule has 0 unspecified atom stereocenters. The quantitative estimate of drug-likeness (QED) is 0.604. The number of benzene rings is 1. The van der Waals surface area contributed by atoms with E-state index in [1.807, 2.05) is 6.07 Å². The zero-order chi connectivity index (χ0) is 11.4. The Balaban J connectivity index is 2.91. The Hall–Kier alpha value is -1.90. The minimum absolute atomic E-state index is 0.108. The molecule has 15 heavy (non-hydrogen) atoms. The fourth-order valence-electron chi connectivity index (χ4n) is 1.28. The average molecular weight is 204 g/mol. The van der Waals surface area contributed by atoms with Gasteiger partial charge in [0.15, 0.2) is 5.78 Å². The third-order valence-electron chi connectivity index (χ3n) is 2.08. The number of carbonyl (C=O) groups excluding carboxylic acids is 1. The van der Waals surface area contributed by atoms with Crippen LogP contribution in [0.2, 0.25) is 0 Å². The van der Waals surface area contributed by atoms with Gasteiger partial charge in [0.2, 0.25) is 0 Å². The van der Waals surface area contributed by atoms with Gasteiger partial charge in [-0.3, -0.25) is 9.59 Å². The van der Waals surface area contributed by atoms with Gasteiger partial charge in [-0.05, 0) is 12.5 Å². The molecular weight excluding hydrogens is 192 g/mol. The molecule has 0 aliphatic carbocycles. The van der Waals surface area contributed by atoms with E-state index >= 15 is 0 Å². The molecule has 1 aromatic rings. The van der Waals surface area contributed by atoms with Crippen molar-refractivity contribution >= 4 is 11.8 Å². The SMILES string of the molecule is C=C(CC(=O)O)C(=O)c1ccccc1C. The lowest BCUT2D eigenvalue weighted by Crippen LogP contribution is -2.08. The summed E-state index contributed by atoms with van der Waals surface area (Å²) in [6.07, 6.45) is -0.312. The second kappa shape index (κ2) is 4.55. The van der Waals surface area contributed by atoms with Crippen molar-refractivity contribution in [2.75, 3.05) is 0 Å². The fraction of sp³-hybridized carbons (Fsp3) is 0.167. The maximum Gasteiger partial charge on any atom is 0.307 e. The summed E-state index contributed by atoms with van der Waals surface area (Å²) in [6.45, 7) is 5.29. The van der Waals surface area contributed by atoms with Crippen LogP contribution in [0.5, 0.6) is 0 Å². The first-order valence-corrected chi connectivity index (χ1v) is 4.52. The Morgan fingerprint density at radius 2 is 1.93 bits per heavy atom. The third kappa shape index (κ3) is 2.77. The molecule has 0 atom stereocenters. The molecule has 3 heteroatoms. The standard InChI is InChI=1S/C12H12O3/c1-8-5-3-4-6-10(8)12(15)9(2)7-11(13)14/h3-6H,2,7H2,1H3,(H,13,14). The van der Waals surface area contributed by atoms with E-state index in [1.165, 1.54) is 0 Å². The van der Waals surface area contributed by atoms with Crippen molar-refractivity contribution in [3.63, 3.8) is 0 Å². The van der Waals surface area contributed by atoms with Crippen LogP contribution in [0.15, 0.2) is 36.4 Å². The van der Waals surface area contributed by atoms with Crippen LogP contribution in [0.1, 0.15) is 22.3 Å². The molecule has 0 aliphatic rings. The zero-order valence-electron chi connectivity index (χ0n) is 8.49. The van der Waals surface area contributed by atoms with Crippen LogP contribution in [0.4, 0.5) is 0 Å². The van der Waals surface area contributed by atoms with Crippen molar-refractivity contribution in [2.45, 2.75) is 13.3 Å². The van der Waals surface area contributed by atoms with Crippen molar-refractivity contribution in [2.24, 2.45) is 0 Å². The summed E-state index contributed by atoms with van der Waals surface area (Å²) in [5.74, 6) is -1.34. The molecule has 0 saturated heterocycles. The van der Waals surface area contributed by atoms with E-state index in [0.29, 0.717) is 5.56 Å². The predicted octanol–water partition coefficient (Wildman–Crippen LogP) is 2.21. The summed E-state index contributed by atoms with van der Waals surface area (Å²) >= 11 is 0.